The molecule has 0 aliphatic heterocycles. The van der Waals surface area contributed by atoms with Crippen LogP contribution in [-0.2, 0) is 16.6 Å². The van der Waals surface area contributed by atoms with Crippen molar-refractivity contribution in [3.05, 3.63) is 76.5 Å². The minimum Gasteiger partial charge on any atom is -0.497 e. The Bertz CT molecular complexity index is 1150. The van der Waals surface area contributed by atoms with Crippen molar-refractivity contribution in [1.29, 1.82) is 0 Å². The molecule has 0 atom stereocenters. The van der Waals surface area contributed by atoms with Gasteiger partial charge in [0.15, 0.2) is 0 Å². The lowest BCUT2D eigenvalue weighted by Crippen LogP contribution is -2.32. The Morgan fingerprint density at radius 1 is 1.10 bits per heavy atom. The van der Waals surface area contributed by atoms with E-state index in [1.54, 1.807) is 54.8 Å². The average Bonchev–Trinajstić information content (AvgIpc) is 3.51. The number of hydrogen-bond acceptors (Lipinski definition) is 5. The Morgan fingerprint density at radius 2 is 1.84 bits per heavy atom. The Hall–Kier alpha value is -2.84. The summed E-state index contributed by atoms with van der Waals surface area (Å²) in [4.78, 5) is 16.3. The smallest absolute Gasteiger partial charge is 0.264 e. The highest BCUT2D eigenvalue weighted by molar-refractivity contribution is 7.92. The van der Waals surface area contributed by atoms with Crippen LogP contribution in [0.25, 0.3) is 0 Å². The van der Waals surface area contributed by atoms with Gasteiger partial charge in [-0.15, -0.1) is 11.3 Å². The molecule has 0 unspecified atom stereocenters. The summed E-state index contributed by atoms with van der Waals surface area (Å²) in [7, 11) is -0.768. The van der Waals surface area contributed by atoms with Crippen molar-refractivity contribution in [2.24, 2.45) is 0 Å². The van der Waals surface area contributed by atoms with E-state index in [2.05, 4.69) is 0 Å². The lowest BCUT2D eigenvalue weighted by Gasteiger charge is -2.23. The molecule has 8 heteroatoms. The quantitative estimate of drug-likeness (QED) is 0.504. The molecular weight excluding hydrogens is 432 g/mol. The molecular formula is C23H24N2O4S2. The van der Waals surface area contributed by atoms with Gasteiger partial charge in [0.1, 0.15) is 5.75 Å². The molecule has 1 aliphatic rings. The minimum absolute atomic E-state index is 0.0866. The third-order valence-corrected chi connectivity index (χ3v) is 7.97. The molecule has 0 bridgehead atoms. The van der Waals surface area contributed by atoms with Gasteiger partial charge in [0.25, 0.3) is 15.9 Å². The summed E-state index contributed by atoms with van der Waals surface area (Å²) in [5.41, 5.74) is 0.891. The third kappa shape index (κ3) is 4.60. The van der Waals surface area contributed by atoms with E-state index < -0.39 is 10.0 Å². The second kappa shape index (κ2) is 8.72. The molecule has 4 rings (SSSR count). The molecule has 1 amide bonds. The Balaban J connectivity index is 1.59. The highest BCUT2D eigenvalue weighted by Crippen LogP contribution is 2.31. The van der Waals surface area contributed by atoms with Crippen LogP contribution in [0.4, 0.5) is 5.69 Å². The minimum atomic E-state index is -3.82. The number of carbonyl (C=O) groups excluding carboxylic acids is 1. The SMILES string of the molecule is COc1ccc(N(C)S(=O)(=O)c2cccc(C(=O)N(Cc3cccs3)C3CC3)c2)cc1. The second-order valence-corrected chi connectivity index (χ2v) is 10.4. The maximum Gasteiger partial charge on any atom is 0.264 e. The first-order chi connectivity index (χ1) is 14.9. The predicted octanol–water partition coefficient (Wildman–Crippen LogP) is 4.39. The number of thiophene rings is 1. The molecule has 1 aromatic heterocycles. The number of nitrogens with zero attached hydrogens (tertiary/aromatic N) is 2. The summed E-state index contributed by atoms with van der Waals surface area (Å²) in [6.07, 6.45) is 1.96. The molecule has 1 heterocycles. The van der Waals surface area contributed by atoms with Crippen molar-refractivity contribution in [3.63, 3.8) is 0 Å². The van der Waals surface area contributed by atoms with Gasteiger partial charge in [0, 0.05) is 23.5 Å². The van der Waals surface area contributed by atoms with Crippen molar-refractivity contribution in [2.45, 2.75) is 30.3 Å². The largest absolute Gasteiger partial charge is 0.497 e. The third-order valence-electron chi connectivity index (χ3n) is 5.33. The average molecular weight is 457 g/mol. The van der Waals surface area contributed by atoms with E-state index in [-0.39, 0.29) is 16.8 Å². The molecule has 1 fully saturated rings. The van der Waals surface area contributed by atoms with E-state index >= 15 is 0 Å². The Kier molecular flexibility index (Phi) is 6.02. The van der Waals surface area contributed by atoms with E-state index in [1.165, 1.54) is 23.5 Å². The number of anilines is 1. The molecule has 0 radical (unpaired) electrons. The van der Waals surface area contributed by atoms with Crippen molar-refractivity contribution in [1.82, 2.24) is 4.90 Å². The number of rotatable bonds is 8. The topological polar surface area (TPSA) is 66.9 Å². The summed E-state index contributed by atoms with van der Waals surface area (Å²) in [6.45, 7) is 0.546. The van der Waals surface area contributed by atoms with E-state index in [1.807, 2.05) is 22.4 Å². The lowest BCUT2D eigenvalue weighted by atomic mass is 10.2. The number of amides is 1. The molecule has 1 saturated carbocycles. The molecule has 0 N–H and O–H groups in total. The lowest BCUT2D eigenvalue weighted by molar-refractivity contribution is 0.0731. The number of sulfonamides is 1. The van der Waals surface area contributed by atoms with Gasteiger partial charge in [0.2, 0.25) is 0 Å². The molecule has 31 heavy (non-hydrogen) atoms. The zero-order valence-corrected chi connectivity index (χ0v) is 19.0. The monoisotopic (exact) mass is 456 g/mol. The van der Waals surface area contributed by atoms with Crippen LogP contribution >= 0.6 is 11.3 Å². The first-order valence-corrected chi connectivity index (χ1v) is 12.3. The van der Waals surface area contributed by atoms with Crippen LogP contribution in [0.5, 0.6) is 5.75 Å². The maximum atomic E-state index is 13.3. The fourth-order valence-corrected chi connectivity index (χ4v) is 5.31. The fraction of sp³-hybridized carbons (Fsp3) is 0.261. The predicted molar refractivity (Wildman–Crippen MR) is 122 cm³/mol. The van der Waals surface area contributed by atoms with Crippen molar-refractivity contribution in [3.8, 4) is 5.75 Å². The second-order valence-electron chi connectivity index (χ2n) is 7.44. The van der Waals surface area contributed by atoms with Gasteiger partial charge in [0.05, 0.1) is 24.2 Å². The Morgan fingerprint density at radius 3 is 2.45 bits per heavy atom. The van der Waals surface area contributed by atoms with Gasteiger partial charge < -0.3 is 9.64 Å². The van der Waals surface area contributed by atoms with Crippen LogP contribution in [0, 0.1) is 0 Å². The summed E-state index contributed by atoms with van der Waals surface area (Å²) >= 11 is 1.62. The van der Waals surface area contributed by atoms with Gasteiger partial charge in [-0.1, -0.05) is 12.1 Å². The van der Waals surface area contributed by atoms with Crippen LogP contribution in [0.2, 0.25) is 0 Å². The normalized spacial score (nSPS) is 13.6. The van der Waals surface area contributed by atoms with Crippen LogP contribution < -0.4 is 9.04 Å². The van der Waals surface area contributed by atoms with Crippen LogP contribution in [0.1, 0.15) is 28.1 Å². The van der Waals surface area contributed by atoms with Crippen molar-refractivity contribution < 1.29 is 17.9 Å². The zero-order chi connectivity index (χ0) is 22.0. The van der Waals surface area contributed by atoms with Gasteiger partial charge >= 0.3 is 0 Å². The molecule has 162 valence electrons. The molecule has 0 spiro atoms. The van der Waals surface area contributed by atoms with Crippen LogP contribution in [0.15, 0.2) is 70.9 Å². The Labute approximate surface area is 186 Å². The first-order valence-electron chi connectivity index (χ1n) is 9.96. The van der Waals surface area contributed by atoms with Crippen molar-refractivity contribution in [2.75, 3.05) is 18.5 Å². The first kappa shape index (κ1) is 21.4. The van der Waals surface area contributed by atoms with E-state index in [0.29, 0.717) is 23.5 Å². The number of carbonyl (C=O) groups is 1. The summed E-state index contributed by atoms with van der Waals surface area (Å²) in [6, 6.07) is 17.3. The molecule has 1 aliphatic carbocycles. The summed E-state index contributed by atoms with van der Waals surface area (Å²) < 4.78 is 32.8. The van der Waals surface area contributed by atoms with E-state index in [4.69, 9.17) is 4.74 Å². The van der Waals surface area contributed by atoms with E-state index in [0.717, 1.165) is 17.7 Å². The summed E-state index contributed by atoms with van der Waals surface area (Å²) in [5, 5.41) is 1.99. The zero-order valence-electron chi connectivity index (χ0n) is 17.4. The molecule has 3 aromatic rings. The fourth-order valence-electron chi connectivity index (χ4n) is 3.37. The highest BCUT2D eigenvalue weighted by atomic mass is 32.2. The highest BCUT2D eigenvalue weighted by Gasteiger charge is 2.34. The van der Waals surface area contributed by atoms with Gasteiger partial charge in [-0.05, 0) is 66.8 Å². The van der Waals surface area contributed by atoms with Crippen molar-refractivity contribution >= 4 is 33.0 Å². The molecule has 6 nitrogen and oxygen atoms in total. The van der Waals surface area contributed by atoms with Gasteiger partial charge in [-0.25, -0.2) is 8.42 Å². The number of ether oxygens (including phenoxy) is 1. The number of methoxy groups -OCH3 is 1. The maximum absolute atomic E-state index is 13.3. The van der Waals surface area contributed by atoms with Gasteiger partial charge in [-0.2, -0.15) is 0 Å². The van der Waals surface area contributed by atoms with E-state index in [9.17, 15) is 13.2 Å². The summed E-state index contributed by atoms with van der Waals surface area (Å²) in [5.74, 6) is 0.508. The molecule has 2 aromatic carbocycles. The number of hydrogen-bond donors (Lipinski definition) is 0. The standard InChI is InChI=1S/C23H24N2O4S2/c1-24(18-10-12-20(29-2)13-11-18)31(27,28)22-7-3-5-17(15-22)23(26)25(19-8-9-19)16-21-6-4-14-30-21/h3-7,10-15,19H,8-9,16H2,1-2H3. The molecule has 0 saturated heterocycles. The van der Waals surface area contributed by atoms with Crippen LogP contribution in [-0.4, -0.2) is 39.4 Å². The van der Waals surface area contributed by atoms with Crippen LogP contribution in [0.3, 0.4) is 0 Å². The number of benzene rings is 2. The van der Waals surface area contributed by atoms with Gasteiger partial charge in [-0.3, -0.25) is 9.10 Å².